The summed E-state index contributed by atoms with van der Waals surface area (Å²) in [6, 6.07) is 12.6. The van der Waals surface area contributed by atoms with Gasteiger partial charge in [0.15, 0.2) is 5.78 Å². The molecular formula is C17H14ClNO2. The SMILES string of the molecule is CCOc1ccc2[nH]cc(C(=O)c3cccc(Cl)c3)c2c1. The third-order valence-electron chi connectivity index (χ3n) is 3.30. The summed E-state index contributed by atoms with van der Waals surface area (Å²) >= 11 is 5.95. The fourth-order valence-electron chi connectivity index (χ4n) is 2.33. The number of carbonyl (C=O) groups is 1. The molecule has 0 aliphatic heterocycles. The van der Waals surface area contributed by atoms with Gasteiger partial charge in [0.1, 0.15) is 5.75 Å². The Labute approximate surface area is 127 Å². The first-order valence-electron chi connectivity index (χ1n) is 6.73. The molecule has 0 unspecified atom stereocenters. The van der Waals surface area contributed by atoms with Crippen LogP contribution in [0.1, 0.15) is 22.8 Å². The topological polar surface area (TPSA) is 42.1 Å². The molecule has 2 aromatic carbocycles. The minimum Gasteiger partial charge on any atom is -0.494 e. The van der Waals surface area contributed by atoms with Gasteiger partial charge in [0.2, 0.25) is 0 Å². The molecule has 3 rings (SSSR count). The Morgan fingerprint density at radius 2 is 2.10 bits per heavy atom. The van der Waals surface area contributed by atoms with Crippen molar-refractivity contribution in [1.29, 1.82) is 0 Å². The van der Waals surface area contributed by atoms with Crippen LogP contribution in [0.4, 0.5) is 0 Å². The summed E-state index contributed by atoms with van der Waals surface area (Å²) in [5.41, 5.74) is 2.10. The number of rotatable bonds is 4. The first-order valence-corrected chi connectivity index (χ1v) is 7.11. The van der Waals surface area contributed by atoms with Crippen LogP contribution < -0.4 is 4.74 Å². The lowest BCUT2D eigenvalue weighted by molar-refractivity contribution is 0.104. The van der Waals surface area contributed by atoms with Crippen molar-refractivity contribution in [1.82, 2.24) is 4.98 Å². The molecule has 0 aliphatic rings. The molecule has 3 nitrogen and oxygen atoms in total. The molecule has 0 bridgehead atoms. The highest BCUT2D eigenvalue weighted by atomic mass is 35.5. The molecule has 0 saturated heterocycles. The van der Waals surface area contributed by atoms with Crippen LogP contribution in [-0.4, -0.2) is 17.4 Å². The molecule has 0 saturated carbocycles. The van der Waals surface area contributed by atoms with E-state index in [1.165, 1.54) is 0 Å². The maximum atomic E-state index is 12.6. The van der Waals surface area contributed by atoms with E-state index in [9.17, 15) is 4.79 Å². The van der Waals surface area contributed by atoms with Gasteiger partial charge in [0, 0.05) is 33.2 Å². The lowest BCUT2D eigenvalue weighted by Crippen LogP contribution is -2.00. The summed E-state index contributed by atoms with van der Waals surface area (Å²) in [7, 11) is 0. The summed E-state index contributed by atoms with van der Waals surface area (Å²) in [4.78, 5) is 15.7. The van der Waals surface area contributed by atoms with Gasteiger partial charge in [-0.1, -0.05) is 23.7 Å². The van der Waals surface area contributed by atoms with Crippen LogP contribution >= 0.6 is 11.6 Å². The molecule has 0 fully saturated rings. The fourth-order valence-corrected chi connectivity index (χ4v) is 2.52. The van der Waals surface area contributed by atoms with Crippen molar-refractivity contribution in [2.45, 2.75) is 6.92 Å². The number of aromatic amines is 1. The number of halogens is 1. The summed E-state index contributed by atoms with van der Waals surface area (Å²) in [5, 5.41) is 1.40. The second kappa shape index (κ2) is 5.62. The fraction of sp³-hybridized carbons (Fsp3) is 0.118. The number of ketones is 1. The van der Waals surface area contributed by atoms with Crippen molar-refractivity contribution < 1.29 is 9.53 Å². The van der Waals surface area contributed by atoms with Crippen LogP contribution in [0.25, 0.3) is 10.9 Å². The average Bonchev–Trinajstić information content (AvgIpc) is 2.90. The Bertz CT molecular complexity index is 807. The lowest BCUT2D eigenvalue weighted by Gasteiger charge is -2.04. The number of hydrogen-bond acceptors (Lipinski definition) is 2. The maximum Gasteiger partial charge on any atom is 0.195 e. The van der Waals surface area contributed by atoms with E-state index in [-0.39, 0.29) is 5.78 Å². The molecule has 1 aromatic heterocycles. The molecule has 0 atom stereocenters. The van der Waals surface area contributed by atoms with E-state index in [0.29, 0.717) is 22.8 Å². The predicted molar refractivity (Wildman–Crippen MR) is 84.4 cm³/mol. The predicted octanol–water partition coefficient (Wildman–Crippen LogP) is 4.45. The number of H-pyrrole nitrogens is 1. The van der Waals surface area contributed by atoms with Crippen molar-refractivity contribution in [2.24, 2.45) is 0 Å². The summed E-state index contributed by atoms with van der Waals surface area (Å²) in [6.07, 6.45) is 1.73. The Hall–Kier alpha value is -2.26. The Kier molecular flexibility index (Phi) is 3.67. The first kappa shape index (κ1) is 13.7. The van der Waals surface area contributed by atoms with Crippen molar-refractivity contribution in [3.05, 3.63) is 64.8 Å². The highest BCUT2D eigenvalue weighted by molar-refractivity contribution is 6.31. The highest BCUT2D eigenvalue weighted by Crippen LogP contribution is 2.26. The van der Waals surface area contributed by atoms with Gasteiger partial charge in [-0.2, -0.15) is 0 Å². The Morgan fingerprint density at radius 3 is 2.86 bits per heavy atom. The van der Waals surface area contributed by atoms with Gasteiger partial charge in [-0.25, -0.2) is 0 Å². The van der Waals surface area contributed by atoms with Crippen molar-refractivity contribution in [3.8, 4) is 5.75 Å². The molecule has 0 amide bonds. The van der Waals surface area contributed by atoms with E-state index < -0.39 is 0 Å². The van der Waals surface area contributed by atoms with Crippen LogP contribution in [0.3, 0.4) is 0 Å². The van der Waals surface area contributed by atoms with Gasteiger partial charge in [-0.15, -0.1) is 0 Å². The first-order chi connectivity index (χ1) is 10.2. The van der Waals surface area contributed by atoms with E-state index >= 15 is 0 Å². The highest BCUT2D eigenvalue weighted by Gasteiger charge is 2.15. The van der Waals surface area contributed by atoms with Gasteiger partial charge in [0.05, 0.1) is 6.61 Å². The number of carbonyl (C=O) groups excluding carboxylic acids is 1. The molecule has 3 aromatic rings. The zero-order valence-electron chi connectivity index (χ0n) is 11.5. The normalized spacial score (nSPS) is 10.8. The second-order valence-electron chi connectivity index (χ2n) is 4.68. The number of hydrogen-bond donors (Lipinski definition) is 1. The standard InChI is InChI=1S/C17H14ClNO2/c1-2-21-13-6-7-16-14(9-13)15(10-19-16)17(20)11-4-3-5-12(18)8-11/h3-10,19H,2H2,1H3. The lowest BCUT2D eigenvalue weighted by atomic mass is 10.0. The van der Waals surface area contributed by atoms with E-state index in [1.807, 2.05) is 25.1 Å². The summed E-state index contributed by atoms with van der Waals surface area (Å²) in [6.45, 7) is 2.52. The number of aromatic nitrogens is 1. The third-order valence-corrected chi connectivity index (χ3v) is 3.53. The van der Waals surface area contributed by atoms with Crippen molar-refractivity contribution in [2.75, 3.05) is 6.61 Å². The van der Waals surface area contributed by atoms with Crippen LogP contribution in [0.2, 0.25) is 5.02 Å². The zero-order chi connectivity index (χ0) is 14.8. The zero-order valence-corrected chi connectivity index (χ0v) is 12.3. The van der Waals surface area contributed by atoms with Crippen LogP contribution in [-0.2, 0) is 0 Å². The van der Waals surface area contributed by atoms with Gasteiger partial charge in [-0.3, -0.25) is 4.79 Å². The number of nitrogens with one attached hydrogen (secondary N) is 1. The molecule has 21 heavy (non-hydrogen) atoms. The molecule has 0 radical (unpaired) electrons. The molecular weight excluding hydrogens is 286 g/mol. The summed E-state index contributed by atoms with van der Waals surface area (Å²) in [5.74, 6) is 0.696. The van der Waals surface area contributed by atoms with Gasteiger partial charge < -0.3 is 9.72 Å². The third kappa shape index (κ3) is 2.65. The quantitative estimate of drug-likeness (QED) is 0.723. The van der Waals surface area contributed by atoms with Gasteiger partial charge in [-0.05, 0) is 37.3 Å². The number of fused-ring (bicyclic) bond motifs is 1. The largest absolute Gasteiger partial charge is 0.494 e. The molecule has 1 heterocycles. The maximum absolute atomic E-state index is 12.6. The molecule has 0 spiro atoms. The second-order valence-corrected chi connectivity index (χ2v) is 5.12. The van der Waals surface area contributed by atoms with Gasteiger partial charge in [0.25, 0.3) is 0 Å². The number of benzene rings is 2. The minimum atomic E-state index is -0.0580. The average molecular weight is 300 g/mol. The van der Waals surface area contributed by atoms with E-state index in [4.69, 9.17) is 16.3 Å². The van der Waals surface area contributed by atoms with Crippen molar-refractivity contribution >= 4 is 28.3 Å². The van der Waals surface area contributed by atoms with Crippen LogP contribution in [0.15, 0.2) is 48.7 Å². The molecule has 4 heteroatoms. The van der Waals surface area contributed by atoms with E-state index in [0.717, 1.165) is 16.7 Å². The Balaban J connectivity index is 2.07. The number of ether oxygens (including phenoxy) is 1. The molecule has 0 aliphatic carbocycles. The smallest absolute Gasteiger partial charge is 0.195 e. The van der Waals surface area contributed by atoms with Crippen LogP contribution in [0, 0.1) is 0 Å². The Morgan fingerprint density at radius 1 is 1.24 bits per heavy atom. The van der Waals surface area contributed by atoms with E-state index in [2.05, 4.69) is 4.98 Å². The van der Waals surface area contributed by atoms with Crippen molar-refractivity contribution in [3.63, 3.8) is 0 Å². The minimum absolute atomic E-state index is 0.0580. The molecule has 1 N–H and O–H groups in total. The summed E-state index contributed by atoms with van der Waals surface area (Å²) < 4.78 is 5.50. The van der Waals surface area contributed by atoms with Gasteiger partial charge >= 0.3 is 0 Å². The van der Waals surface area contributed by atoms with E-state index in [1.54, 1.807) is 30.5 Å². The molecule has 106 valence electrons. The van der Waals surface area contributed by atoms with Crippen LogP contribution in [0.5, 0.6) is 5.75 Å². The monoisotopic (exact) mass is 299 g/mol.